The standard InChI is InChI=1S/C35H33N3O3/c39-34-29(33(35(40)41)36-38(34)26-13-2-1-3-14-26)17-6-9-23-19-20-32-30(21-23)27-16-7-12-25(27)22-37(32)31-18-8-11-24-10-4-5-15-28(24)31/h1-3,6,8-9,11,13-14,17-21,25,27H,4-5,7,10,12,15-16,22H2,(H,40,41)/b9-6+,29-17-. The molecule has 7 rings (SSSR count). The Bertz CT molecular complexity index is 1620. The van der Waals surface area contributed by atoms with Gasteiger partial charge in [-0.25, -0.2) is 4.79 Å². The van der Waals surface area contributed by atoms with Crippen molar-refractivity contribution in [3.63, 3.8) is 0 Å². The fourth-order valence-corrected chi connectivity index (χ4v) is 7.18. The van der Waals surface area contributed by atoms with Gasteiger partial charge in [-0.15, -0.1) is 0 Å². The maximum atomic E-state index is 13.1. The van der Waals surface area contributed by atoms with Gasteiger partial charge in [0.05, 0.1) is 11.3 Å². The van der Waals surface area contributed by atoms with Crippen LogP contribution >= 0.6 is 0 Å². The number of hydrogen-bond donors (Lipinski definition) is 1. The lowest BCUT2D eigenvalue weighted by molar-refractivity contribution is -0.129. The molecule has 0 aromatic heterocycles. The highest BCUT2D eigenvalue weighted by molar-refractivity contribution is 6.52. The van der Waals surface area contributed by atoms with Crippen LogP contribution < -0.4 is 9.91 Å². The van der Waals surface area contributed by atoms with Crippen LogP contribution in [0.15, 0.2) is 89.6 Å². The number of carboxylic acid groups (broad SMARTS) is 1. The molecular formula is C35H33N3O3. The molecule has 0 spiro atoms. The normalized spacial score (nSPS) is 22.6. The predicted octanol–water partition coefficient (Wildman–Crippen LogP) is 7.03. The van der Waals surface area contributed by atoms with Crippen molar-refractivity contribution < 1.29 is 14.7 Å². The van der Waals surface area contributed by atoms with Crippen LogP contribution in [0.2, 0.25) is 0 Å². The number of carbonyl (C=O) groups is 2. The molecule has 2 unspecified atom stereocenters. The zero-order valence-corrected chi connectivity index (χ0v) is 23.0. The quantitative estimate of drug-likeness (QED) is 0.351. The van der Waals surface area contributed by atoms with Crippen molar-refractivity contribution in [2.45, 2.75) is 50.9 Å². The van der Waals surface area contributed by atoms with E-state index in [1.54, 1.807) is 36.4 Å². The molecule has 2 aliphatic carbocycles. The molecule has 3 aromatic carbocycles. The molecule has 2 atom stereocenters. The number of hydrogen-bond acceptors (Lipinski definition) is 4. The Balaban J connectivity index is 1.20. The van der Waals surface area contributed by atoms with Crippen molar-refractivity contribution in [2.75, 3.05) is 16.5 Å². The molecule has 0 saturated heterocycles. The minimum Gasteiger partial charge on any atom is -0.476 e. The number of nitrogens with zero attached hydrogens (tertiary/aromatic N) is 3. The molecular weight excluding hydrogens is 510 g/mol. The van der Waals surface area contributed by atoms with E-state index in [-0.39, 0.29) is 11.3 Å². The van der Waals surface area contributed by atoms with Gasteiger partial charge in [0.1, 0.15) is 0 Å². The molecule has 1 fully saturated rings. The number of benzene rings is 3. The summed E-state index contributed by atoms with van der Waals surface area (Å²) in [6.07, 6.45) is 13.9. The van der Waals surface area contributed by atoms with E-state index in [2.05, 4.69) is 46.4 Å². The van der Waals surface area contributed by atoms with E-state index in [0.717, 1.165) is 23.5 Å². The van der Waals surface area contributed by atoms with Gasteiger partial charge in [-0.2, -0.15) is 10.1 Å². The number of carbonyl (C=O) groups excluding carboxylic acids is 1. The second-order valence-electron chi connectivity index (χ2n) is 11.5. The summed E-state index contributed by atoms with van der Waals surface area (Å²) < 4.78 is 0. The average molecular weight is 544 g/mol. The van der Waals surface area contributed by atoms with Gasteiger partial charge in [-0.3, -0.25) is 4.79 Å². The lowest BCUT2D eigenvalue weighted by Gasteiger charge is -2.40. The van der Waals surface area contributed by atoms with E-state index < -0.39 is 11.9 Å². The van der Waals surface area contributed by atoms with Crippen molar-refractivity contribution in [2.24, 2.45) is 11.0 Å². The molecule has 3 aromatic rings. The largest absolute Gasteiger partial charge is 0.476 e. The number of aliphatic carboxylic acids is 1. The smallest absolute Gasteiger partial charge is 0.357 e. The summed E-state index contributed by atoms with van der Waals surface area (Å²) in [7, 11) is 0. The van der Waals surface area contributed by atoms with E-state index in [9.17, 15) is 14.7 Å². The molecule has 1 N–H and O–H groups in total. The molecule has 206 valence electrons. The van der Waals surface area contributed by atoms with Crippen LogP contribution in [0.4, 0.5) is 17.1 Å². The van der Waals surface area contributed by atoms with Crippen molar-refractivity contribution >= 4 is 40.7 Å². The summed E-state index contributed by atoms with van der Waals surface area (Å²) in [5.74, 6) is -0.452. The third-order valence-electron chi connectivity index (χ3n) is 9.11. The summed E-state index contributed by atoms with van der Waals surface area (Å²) >= 11 is 0. The van der Waals surface area contributed by atoms with Gasteiger partial charge in [0.2, 0.25) is 0 Å². The molecule has 2 heterocycles. The number of carboxylic acids is 1. The van der Waals surface area contributed by atoms with E-state index in [1.165, 1.54) is 66.6 Å². The summed E-state index contributed by atoms with van der Waals surface area (Å²) in [6, 6.07) is 22.4. The molecule has 41 heavy (non-hydrogen) atoms. The average Bonchev–Trinajstić information content (AvgIpc) is 3.61. The van der Waals surface area contributed by atoms with Gasteiger partial charge in [0.15, 0.2) is 5.71 Å². The SMILES string of the molecule is O=C(O)C1=NN(c2ccccc2)C(=O)/C1=C\C=C\c1ccc2c(c1)C1CCCC1CN2c1cccc2c1CCCC2. The van der Waals surface area contributed by atoms with E-state index in [4.69, 9.17) is 0 Å². The Hall–Kier alpha value is -4.45. The number of hydrazone groups is 1. The number of aryl methyl sites for hydroxylation is 1. The van der Waals surface area contributed by atoms with Crippen molar-refractivity contribution in [1.82, 2.24) is 0 Å². The highest BCUT2D eigenvalue weighted by Gasteiger charge is 2.38. The Morgan fingerprint density at radius 2 is 1.78 bits per heavy atom. The minimum absolute atomic E-state index is 0.0754. The molecule has 1 saturated carbocycles. The monoisotopic (exact) mass is 543 g/mol. The summed E-state index contributed by atoms with van der Waals surface area (Å²) in [6.45, 7) is 1.08. The lowest BCUT2D eigenvalue weighted by Crippen LogP contribution is -2.33. The zero-order valence-electron chi connectivity index (χ0n) is 23.0. The number of amides is 1. The molecule has 0 radical (unpaired) electrons. The van der Waals surface area contributed by atoms with E-state index >= 15 is 0 Å². The summed E-state index contributed by atoms with van der Waals surface area (Å²) in [5.41, 5.74) is 8.54. The van der Waals surface area contributed by atoms with Crippen molar-refractivity contribution in [3.05, 3.63) is 107 Å². The minimum atomic E-state index is -1.22. The highest BCUT2D eigenvalue weighted by atomic mass is 16.4. The molecule has 4 aliphatic rings. The maximum Gasteiger partial charge on any atom is 0.357 e. The van der Waals surface area contributed by atoms with Crippen LogP contribution in [0.1, 0.15) is 60.3 Å². The van der Waals surface area contributed by atoms with Crippen LogP contribution in [0.3, 0.4) is 0 Å². The molecule has 1 amide bonds. The molecule has 0 bridgehead atoms. The van der Waals surface area contributed by atoms with Crippen LogP contribution in [-0.2, 0) is 22.4 Å². The summed E-state index contributed by atoms with van der Waals surface area (Å²) in [5, 5.41) is 15.0. The van der Waals surface area contributed by atoms with Crippen molar-refractivity contribution in [1.29, 1.82) is 0 Å². The third kappa shape index (κ3) is 4.57. The second-order valence-corrected chi connectivity index (χ2v) is 11.5. The lowest BCUT2D eigenvalue weighted by atomic mass is 9.81. The Kier molecular flexibility index (Phi) is 6.54. The number of fused-ring (bicyclic) bond motifs is 4. The maximum absolute atomic E-state index is 13.1. The Morgan fingerprint density at radius 1 is 0.927 bits per heavy atom. The number of rotatable bonds is 5. The molecule has 6 heteroatoms. The first-order valence-corrected chi connectivity index (χ1v) is 14.7. The zero-order chi connectivity index (χ0) is 27.9. The van der Waals surface area contributed by atoms with Crippen LogP contribution in [0, 0.1) is 5.92 Å². The third-order valence-corrected chi connectivity index (χ3v) is 9.11. The number of allylic oxidation sites excluding steroid dienone is 2. The topological polar surface area (TPSA) is 73.2 Å². The van der Waals surface area contributed by atoms with Crippen LogP contribution in [0.5, 0.6) is 0 Å². The van der Waals surface area contributed by atoms with Crippen LogP contribution in [0.25, 0.3) is 6.08 Å². The van der Waals surface area contributed by atoms with Crippen molar-refractivity contribution in [3.8, 4) is 0 Å². The highest BCUT2D eigenvalue weighted by Crippen LogP contribution is 2.50. The Morgan fingerprint density at radius 3 is 2.63 bits per heavy atom. The van der Waals surface area contributed by atoms with Gasteiger partial charge in [0, 0.05) is 17.9 Å². The van der Waals surface area contributed by atoms with Gasteiger partial charge >= 0.3 is 5.97 Å². The second kappa shape index (κ2) is 10.5. The molecule has 2 aliphatic heterocycles. The van der Waals surface area contributed by atoms with E-state index in [0.29, 0.717) is 17.5 Å². The van der Waals surface area contributed by atoms with E-state index in [1.807, 2.05) is 12.1 Å². The van der Waals surface area contributed by atoms with Gasteiger partial charge < -0.3 is 10.0 Å². The number of para-hydroxylation sites is 1. The summed E-state index contributed by atoms with van der Waals surface area (Å²) in [4.78, 5) is 27.6. The molecule has 6 nitrogen and oxygen atoms in total. The fourth-order valence-electron chi connectivity index (χ4n) is 7.18. The fraction of sp³-hybridized carbons (Fsp3) is 0.286. The Labute approximate surface area is 240 Å². The first kappa shape index (κ1) is 25.5. The van der Waals surface area contributed by atoms with Gasteiger partial charge in [-0.05, 0) is 109 Å². The number of anilines is 3. The van der Waals surface area contributed by atoms with Gasteiger partial charge in [0.25, 0.3) is 5.91 Å². The van der Waals surface area contributed by atoms with Gasteiger partial charge in [-0.1, -0.05) is 55.0 Å². The van der Waals surface area contributed by atoms with Crippen LogP contribution in [-0.4, -0.2) is 29.2 Å². The first-order chi connectivity index (χ1) is 20.1. The predicted molar refractivity (Wildman–Crippen MR) is 163 cm³/mol. The first-order valence-electron chi connectivity index (χ1n) is 14.7.